The lowest BCUT2D eigenvalue weighted by atomic mass is 10.1. The fourth-order valence-corrected chi connectivity index (χ4v) is 4.38. The van der Waals surface area contributed by atoms with Crippen molar-refractivity contribution >= 4 is 23.3 Å². The number of hydrogen-bond acceptors (Lipinski definition) is 5. The van der Waals surface area contributed by atoms with Crippen molar-refractivity contribution in [2.45, 2.75) is 44.6 Å². The Bertz CT molecular complexity index is 1210. The van der Waals surface area contributed by atoms with Crippen LogP contribution in [0.2, 0.25) is 5.02 Å². The molecule has 0 unspecified atom stereocenters. The number of primary amides is 1. The van der Waals surface area contributed by atoms with Gasteiger partial charge in [-0.25, -0.2) is 4.39 Å². The maximum Gasteiger partial charge on any atom is 0.289 e. The average molecular weight is 524 g/mol. The summed E-state index contributed by atoms with van der Waals surface area (Å²) in [5.41, 5.74) is 7.63. The molecule has 1 amide bonds. The SMILES string of the molecule is Clc1cc(CCCN2CCCC2)ccc1OC1CC1.NC(=O)C(=O)c1ccc(-c2ccc(F)cc2)nc1. The minimum Gasteiger partial charge on any atom is -0.489 e. The van der Waals surface area contributed by atoms with Crippen LogP contribution >= 0.6 is 11.6 Å². The summed E-state index contributed by atoms with van der Waals surface area (Å²) in [7, 11) is 0. The second kappa shape index (κ2) is 12.8. The number of ketones is 1. The Labute approximate surface area is 221 Å². The molecule has 37 heavy (non-hydrogen) atoms. The smallest absolute Gasteiger partial charge is 0.289 e. The van der Waals surface area contributed by atoms with Crippen LogP contribution in [0.3, 0.4) is 0 Å². The van der Waals surface area contributed by atoms with Crippen molar-refractivity contribution in [1.82, 2.24) is 9.88 Å². The lowest BCUT2D eigenvalue weighted by molar-refractivity contribution is -0.114. The summed E-state index contributed by atoms with van der Waals surface area (Å²) in [6.45, 7) is 3.79. The average Bonchev–Trinajstić information content (AvgIpc) is 3.57. The van der Waals surface area contributed by atoms with Crippen LogP contribution in [0.4, 0.5) is 4.39 Å². The van der Waals surface area contributed by atoms with Crippen LogP contribution in [0, 0.1) is 5.82 Å². The number of aromatic nitrogens is 1. The van der Waals surface area contributed by atoms with E-state index in [1.807, 2.05) is 6.07 Å². The van der Waals surface area contributed by atoms with Crippen molar-refractivity contribution < 1.29 is 18.7 Å². The third kappa shape index (κ3) is 8.10. The Balaban J connectivity index is 0.000000173. The van der Waals surface area contributed by atoms with Gasteiger partial charge >= 0.3 is 0 Å². The third-order valence-electron chi connectivity index (χ3n) is 6.34. The van der Waals surface area contributed by atoms with Gasteiger partial charge in [0.2, 0.25) is 0 Å². The number of rotatable bonds is 9. The Morgan fingerprint density at radius 1 is 1.05 bits per heavy atom. The third-order valence-corrected chi connectivity index (χ3v) is 6.64. The number of halogens is 2. The molecule has 8 heteroatoms. The highest BCUT2D eigenvalue weighted by Gasteiger charge is 2.24. The van der Waals surface area contributed by atoms with Crippen molar-refractivity contribution in [1.29, 1.82) is 0 Å². The molecule has 2 aromatic carbocycles. The quantitative estimate of drug-likeness (QED) is 0.297. The number of nitrogens with two attached hydrogens (primary N) is 1. The van der Waals surface area contributed by atoms with Crippen LogP contribution in [-0.2, 0) is 11.2 Å². The molecule has 2 N–H and O–H groups in total. The molecule has 1 aromatic heterocycles. The maximum atomic E-state index is 12.7. The number of pyridine rings is 1. The minimum atomic E-state index is -1.02. The minimum absolute atomic E-state index is 0.133. The highest BCUT2D eigenvalue weighted by atomic mass is 35.5. The summed E-state index contributed by atoms with van der Waals surface area (Å²) in [5.74, 6) is -1.29. The molecular weight excluding hydrogens is 493 g/mol. The molecule has 3 aromatic rings. The molecule has 5 rings (SSSR count). The molecule has 0 atom stereocenters. The van der Waals surface area contributed by atoms with Gasteiger partial charge in [-0.3, -0.25) is 14.6 Å². The second-order valence-corrected chi connectivity index (χ2v) is 9.77. The number of likely N-dealkylation sites (tertiary alicyclic amines) is 1. The molecule has 6 nitrogen and oxygen atoms in total. The lowest BCUT2D eigenvalue weighted by Gasteiger charge is -2.14. The van der Waals surface area contributed by atoms with Crippen molar-refractivity contribution in [3.8, 4) is 17.0 Å². The molecule has 1 saturated carbocycles. The van der Waals surface area contributed by atoms with Crippen LogP contribution < -0.4 is 10.5 Å². The second-order valence-electron chi connectivity index (χ2n) is 9.37. The van der Waals surface area contributed by atoms with Gasteiger partial charge in [-0.2, -0.15) is 0 Å². The molecule has 2 fully saturated rings. The molecule has 0 spiro atoms. The number of nitrogens with zero attached hydrogens (tertiary/aromatic N) is 2. The van der Waals surface area contributed by atoms with Crippen LogP contribution in [0.5, 0.6) is 5.75 Å². The van der Waals surface area contributed by atoms with E-state index in [0.29, 0.717) is 11.8 Å². The predicted molar refractivity (Wildman–Crippen MR) is 142 cm³/mol. The molecule has 2 aliphatic rings. The fraction of sp³-hybridized carbons (Fsp3) is 0.345. The molecule has 194 valence electrons. The summed E-state index contributed by atoms with van der Waals surface area (Å²) < 4.78 is 18.5. The Hall–Kier alpha value is -3.29. The van der Waals surface area contributed by atoms with Gasteiger partial charge in [0.05, 0.1) is 16.8 Å². The van der Waals surface area contributed by atoms with Gasteiger partial charge in [-0.05, 0) is 112 Å². The number of amides is 1. The number of benzene rings is 2. The largest absolute Gasteiger partial charge is 0.489 e. The maximum absolute atomic E-state index is 12.7. The molecule has 2 heterocycles. The van der Waals surface area contributed by atoms with Gasteiger partial charge in [0.15, 0.2) is 0 Å². The number of ether oxygens (including phenoxy) is 1. The first-order chi connectivity index (χ1) is 17.9. The molecule has 0 bridgehead atoms. The monoisotopic (exact) mass is 523 g/mol. The zero-order valence-electron chi connectivity index (χ0n) is 20.7. The summed E-state index contributed by atoms with van der Waals surface area (Å²) >= 11 is 6.27. The number of carbonyl (C=O) groups excluding carboxylic acids is 2. The summed E-state index contributed by atoms with van der Waals surface area (Å²) in [6, 6.07) is 15.1. The van der Waals surface area contributed by atoms with Crippen LogP contribution in [0.1, 0.15) is 48.0 Å². The van der Waals surface area contributed by atoms with E-state index in [2.05, 4.69) is 22.0 Å². The molecule has 1 saturated heterocycles. The summed E-state index contributed by atoms with van der Waals surface area (Å²) in [6.07, 6.45) is 9.11. The molecular formula is C29H31ClFN3O3. The van der Waals surface area contributed by atoms with Crippen molar-refractivity contribution in [3.05, 3.63) is 82.8 Å². The number of hydrogen-bond donors (Lipinski definition) is 1. The van der Waals surface area contributed by atoms with E-state index in [0.717, 1.165) is 22.8 Å². The Morgan fingerprint density at radius 3 is 2.38 bits per heavy atom. The lowest BCUT2D eigenvalue weighted by Crippen LogP contribution is -2.23. The number of aryl methyl sites for hydroxylation is 1. The molecule has 1 aliphatic carbocycles. The highest BCUT2D eigenvalue weighted by molar-refractivity contribution is 6.42. The molecule has 1 aliphatic heterocycles. The normalized spacial score (nSPS) is 15.1. The summed E-state index contributed by atoms with van der Waals surface area (Å²) in [5, 5.41) is 0.769. The first-order valence-corrected chi connectivity index (χ1v) is 13.0. The topological polar surface area (TPSA) is 85.5 Å². The standard InChI is InChI=1S/C16H22ClNO.C13H9FN2O2/c17-15-12-13(4-3-11-18-9-1-2-10-18)5-8-16(15)19-14-6-7-14;14-10-4-1-8(2-5-10)11-6-3-9(7-16-11)12(17)13(15)18/h5,8,12,14H,1-4,6-7,9-11H2;1-7H,(H2,15,18). The first-order valence-electron chi connectivity index (χ1n) is 12.6. The van der Waals surface area contributed by atoms with E-state index in [1.54, 1.807) is 18.2 Å². The van der Waals surface area contributed by atoms with Gasteiger partial charge in [-0.15, -0.1) is 0 Å². The summed E-state index contributed by atoms with van der Waals surface area (Å²) in [4.78, 5) is 28.6. The first kappa shape index (κ1) is 26.8. The van der Waals surface area contributed by atoms with Gasteiger partial charge in [0.25, 0.3) is 11.7 Å². The Morgan fingerprint density at radius 2 is 1.78 bits per heavy atom. The van der Waals surface area contributed by atoms with E-state index in [4.69, 9.17) is 22.1 Å². The molecule has 0 radical (unpaired) electrons. The van der Waals surface area contributed by atoms with Gasteiger partial charge in [0.1, 0.15) is 11.6 Å². The van der Waals surface area contributed by atoms with E-state index in [1.165, 1.54) is 81.7 Å². The van der Waals surface area contributed by atoms with Crippen molar-refractivity contribution in [2.24, 2.45) is 5.73 Å². The van der Waals surface area contributed by atoms with Gasteiger partial charge in [-0.1, -0.05) is 17.7 Å². The van der Waals surface area contributed by atoms with E-state index < -0.39 is 11.7 Å². The van der Waals surface area contributed by atoms with Crippen LogP contribution in [-0.4, -0.2) is 47.3 Å². The van der Waals surface area contributed by atoms with E-state index >= 15 is 0 Å². The number of Topliss-reactive ketones (excluding diaryl/α,β-unsaturated/α-hetero) is 1. The van der Waals surface area contributed by atoms with E-state index in [9.17, 15) is 14.0 Å². The van der Waals surface area contributed by atoms with Crippen molar-refractivity contribution in [3.63, 3.8) is 0 Å². The van der Waals surface area contributed by atoms with Gasteiger partial charge in [0, 0.05) is 17.3 Å². The van der Waals surface area contributed by atoms with E-state index in [-0.39, 0.29) is 11.4 Å². The predicted octanol–water partition coefficient (Wildman–Crippen LogP) is 5.47. The Kier molecular flexibility index (Phi) is 9.25. The highest BCUT2D eigenvalue weighted by Crippen LogP contribution is 2.32. The number of carbonyl (C=O) groups is 2. The zero-order chi connectivity index (χ0) is 26.2. The van der Waals surface area contributed by atoms with Crippen molar-refractivity contribution in [2.75, 3.05) is 19.6 Å². The fourth-order valence-electron chi connectivity index (χ4n) is 4.14. The van der Waals surface area contributed by atoms with Gasteiger partial charge < -0.3 is 15.4 Å². The van der Waals surface area contributed by atoms with Crippen LogP contribution in [0.15, 0.2) is 60.8 Å². The zero-order valence-corrected chi connectivity index (χ0v) is 21.4. The van der Waals surface area contributed by atoms with Crippen LogP contribution in [0.25, 0.3) is 11.3 Å².